The zero-order valence-corrected chi connectivity index (χ0v) is 11.1. The highest BCUT2D eigenvalue weighted by molar-refractivity contribution is 5.85. The molecule has 0 bridgehead atoms. The maximum absolute atomic E-state index is 4.63. The van der Waals surface area contributed by atoms with Crippen LogP contribution in [0.5, 0.6) is 0 Å². The molecule has 0 aromatic heterocycles. The number of aliphatic imine (C=N–C) groups is 1. The maximum Gasteiger partial charge on any atom is 0.0708 e. The second kappa shape index (κ2) is 5.98. The fourth-order valence-corrected chi connectivity index (χ4v) is 2.13. The van der Waals surface area contributed by atoms with Crippen LogP contribution in [0.15, 0.2) is 89.9 Å². The molecule has 0 spiro atoms. The first kappa shape index (κ1) is 12.4. The van der Waals surface area contributed by atoms with Gasteiger partial charge < -0.3 is 0 Å². The standard InChI is InChI=1S/C19H15N/c1-3-9-16(10-4-1)15-20-19-14-8-7-13-18(19)17-11-5-2-6-12-17/h1-15H. The molecule has 3 rings (SSSR count). The van der Waals surface area contributed by atoms with Crippen molar-refractivity contribution in [3.05, 3.63) is 90.5 Å². The highest BCUT2D eigenvalue weighted by Crippen LogP contribution is 2.29. The summed E-state index contributed by atoms with van der Waals surface area (Å²) in [5.41, 5.74) is 4.44. The van der Waals surface area contributed by atoms with Crippen LogP contribution in [-0.4, -0.2) is 6.21 Å². The molecule has 0 amide bonds. The Bertz CT molecular complexity index is 700. The van der Waals surface area contributed by atoms with Crippen molar-refractivity contribution in [1.29, 1.82) is 0 Å². The molecule has 0 unspecified atom stereocenters. The first-order valence-electron chi connectivity index (χ1n) is 6.67. The van der Waals surface area contributed by atoms with Gasteiger partial charge in [0.05, 0.1) is 5.69 Å². The first-order chi connectivity index (χ1) is 9.93. The van der Waals surface area contributed by atoms with Crippen LogP contribution >= 0.6 is 0 Å². The van der Waals surface area contributed by atoms with Crippen LogP contribution in [0.1, 0.15) is 5.56 Å². The second-order valence-corrected chi connectivity index (χ2v) is 4.55. The molecule has 96 valence electrons. The lowest BCUT2D eigenvalue weighted by Crippen LogP contribution is -1.81. The Morgan fingerprint density at radius 1 is 0.600 bits per heavy atom. The van der Waals surface area contributed by atoms with Crippen molar-refractivity contribution in [2.75, 3.05) is 0 Å². The molecule has 1 nitrogen and oxygen atoms in total. The smallest absolute Gasteiger partial charge is 0.0708 e. The largest absolute Gasteiger partial charge is 0.256 e. The Morgan fingerprint density at radius 2 is 1.20 bits per heavy atom. The molecule has 1 heteroatoms. The molecule has 0 aliphatic carbocycles. The van der Waals surface area contributed by atoms with E-state index in [9.17, 15) is 0 Å². The summed E-state index contributed by atoms with van der Waals surface area (Å²) in [6.45, 7) is 0. The first-order valence-corrected chi connectivity index (χ1v) is 6.67. The molecular weight excluding hydrogens is 242 g/mol. The minimum absolute atomic E-state index is 0.988. The van der Waals surface area contributed by atoms with Crippen LogP contribution < -0.4 is 0 Å². The summed E-state index contributed by atoms with van der Waals surface area (Å²) in [5.74, 6) is 0. The molecule has 0 atom stereocenters. The molecule has 0 saturated carbocycles. The van der Waals surface area contributed by atoms with E-state index >= 15 is 0 Å². The van der Waals surface area contributed by atoms with Gasteiger partial charge in [-0.05, 0) is 17.2 Å². The number of nitrogens with zero attached hydrogens (tertiary/aromatic N) is 1. The van der Waals surface area contributed by atoms with Crippen molar-refractivity contribution in [3.8, 4) is 11.1 Å². The lowest BCUT2D eigenvalue weighted by molar-refractivity contribution is 1.51. The molecule has 3 aromatic rings. The maximum atomic E-state index is 4.63. The average molecular weight is 257 g/mol. The molecule has 0 N–H and O–H groups in total. The fraction of sp³-hybridized carbons (Fsp3) is 0. The van der Waals surface area contributed by atoms with Crippen LogP contribution in [0.2, 0.25) is 0 Å². The van der Waals surface area contributed by atoms with Crippen LogP contribution in [-0.2, 0) is 0 Å². The van der Waals surface area contributed by atoms with Gasteiger partial charge in [0, 0.05) is 11.8 Å². The van der Waals surface area contributed by atoms with Crippen LogP contribution in [0, 0.1) is 0 Å². The monoisotopic (exact) mass is 257 g/mol. The predicted octanol–water partition coefficient (Wildman–Crippen LogP) is 5.10. The van der Waals surface area contributed by atoms with Gasteiger partial charge in [-0.1, -0.05) is 78.9 Å². The molecule has 0 saturated heterocycles. The lowest BCUT2D eigenvalue weighted by atomic mass is 10.0. The van der Waals surface area contributed by atoms with Gasteiger partial charge in [0.2, 0.25) is 0 Å². The minimum Gasteiger partial charge on any atom is -0.256 e. The summed E-state index contributed by atoms with van der Waals surface area (Å²) in [7, 11) is 0. The third kappa shape index (κ3) is 2.83. The molecule has 0 radical (unpaired) electrons. The summed E-state index contributed by atoms with van der Waals surface area (Å²) in [6, 6.07) is 28.7. The quantitative estimate of drug-likeness (QED) is 0.578. The molecule has 0 fully saturated rings. The molecule has 20 heavy (non-hydrogen) atoms. The Labute approximate surface area is 119 Å². The Balaban J connectivity index is 1.97. The van der Waals surface area contributed by atoms with Crippen molar-refractivity contribution in [1.82, 2.24) is 0 Å². The summed E-state index contributed by atoms with van der Waals surface area (Å²) < 4.78 is 0. The van der Waals surface area contributed by atoms with Gasteiger partial charge in [0.1, 0.15) is 0 Å². The van der Waals surface area contributed by atoms with E-state index in [-0.39, 0.29) is 0 Å². The highest BCUT2D eigenvalue weighted by Gasteiger charge is 2.01. The van der Waals surface area contributed by atoms with E-state index in [0.717, 1.165) is 16.8 Å². The van der Waals surface area contributed by atoms with E-state index in [1.165, 1.54) is 5.56 Å². The SMILES string of the molecule is C(=Nc1ccccc1-c1ccccc1)c1ccccc1. The van der Waals surface area contributed by atoms with Gasteiger partial charge in [0.15, 0.2) is 0 Å². The van der Waals surface area contributed by atoms with Crippen LogP contribution in [0.3, 0.4) is 0 Å². The number of hydrogen-bond donors (Lipinski definition) is 0. The van der Waals surface area contributed by atoms with Crippen LogP contribution in [0.25, 0.3) is 11.1 Å². The van der Waals surface area contributed by atoms with Crippen molar-refractivity contribution < 1.29 is 0 Å². The Morgan fingerprint density at radius 3 is 1.95 bits per heavy atom. The summed E-state index contributed by atoms with van der Waals surface area (Å²) in [6.07, 6.45) is 1.90. The molecular formula is C19H15N. The van der Waals surface area contributed by atoms with Crippen molar-refractivity contribution in [2.45, 2.75) is 0 Å². The summed E-state index contributed by atoms with van der Waals surface area (Å²) >= 11 is 0. The molecule has 3 aromatic carbocycles. The van der Waals surface area contributed by atoms with Gasteiger partial charge in [-0.15, -0.1) is 0 Å². The molecule has 0 heterocycles. The number of benzene rings is 3. The zero-order valence-electron chi connectivity index (χ0n) is 11.1. The topological polar surface area (TPSA) is 12.4 Å². The summed E-state index contributed by atoms with van der Waals surface area (Å²) in [4.78, 5) is 4.63. The normalized spacial score (nSPS) is 10.8. The summed E-state index contributed by atoms with van der Waals surface area (Å²) in [5, 5.41) is 0. The molecule has 0 aliphatic heterocycles. The Kier molecular flexibility index (Phi) is 3.70. The average Bonchev–Trinajstić information content (AvgIpc) is 2.55. The van der Waals surface area contributed by atoms with E-state index < -0.39 is 0 Å². The third-order valence-corrected chi connectivity index (χ3v) is 3.14. The van der Waals surface area contributed by atoms with Gasteiger partial charge in [-0.25, -0.2) is 0 Å². The number of para-hydroxylation sites is 1. The van der Waals surface area contributed by atoms with Gasteiger partial charge in [-0.3, -0.25) is 4.99 Å². The number of rotatable bonds is 3. The van der Waals surface area contributed by atoms with Gasteiger partial charge in [0.25, 0.3) is 0 Å². The van der Waals surface area contributed by atoms with E-state index in [1.54, 1.807) is 0 Å². The van der Waals surface area contributed by atoms with Crippen molar-refractivity contribution in [3.63, 3.8) is 0 Å². The van der Waals surface area contributed by atoms with Gasteiger partial charge >= 0.3 is 0 Å². The highest BCUT2D eigenvalue weighted by atomic mass is 14.7. The van der Waals surface area contributed by atoms with E-state index in [1.807, 2.05) is 60.8 Å². The van der Waals surface area contributed by atoms with Crippen molar-refractivity contribution >= 4 is 11.9 Å². The van der Waals surface area contributed by atoms with E-state index in [4.69, 9.17) is 0 Å². The Hall–Kier alpha value is -2.67. The molecule has 0 aliphatic rings. The van der Waals surface area contributed by atoms with Gasteiger partial charge in [-0.2, -0.15) is 0 Å². The second-order valence-electron chi connectivity index (χ2n) is 4.55. The minimum atomic E-state index is 0.988. The lowest BCUT2D eigenvalue weighted by Gasteiger charge is -2.05. The van der Waals surface area contributed by atoms with E-state index in [0.29, 0.717) is 0 Å². The third-order valence-electron chi connectivity index (χ3n) is 3.14. The number of hydrogen-bond acceptors (Lipinski definition) is 1. The van der Waals surface area contributed by atoms with Crippen molar-refractivity contribution in [2.24, 2.45) is 4.99 Å². The van der Waals surface area contributed by atoms with Crippen LogP contribution in [0.4, 0.5) is 5.69 Å². The fourth-order valence-electron chi connectivity index (χ4n) is 2.13. The van der Waals surface area contributed by atoms with E-state index in [2.05, 4.69) is 35.3 Å². The zero-order chi connectivity index (χ0) is 13.6. The predicted molar refractivity (Wildman–Crippen MR) is 85.6 cm³/mol.